The Hall–Kier alpha value is -2.07. The lowest BCUT2D eigenvalue weighted by Gasteiger charge is -2.07. The van der Waals surface area contributed by atoms with Gasteiger partial charge in [-0.15, -0.1) is 0 Å². The zero-order chi connectivity index (χ0) is 13.7. The number of nitrogens with two attached hydrogens (primary N) is 1. The lowest BCUT2D eigenvalue weighted by atomic mass is 10.1. The number of rotatable bonds is 5. The van der Waals surface area contributed by atoms with Crippen LogP contribution in [0.5, 0.6) is 11.5 Å². The third-order valence-corrected chi connectivity index (χ3v) is 2.94. The van der Waals surface area contributed by atoms with E-state index in [1.807, 2.05) is 48.5 Å². The zero-order valence-corrected chi connectivity index (χ0v) is 11.4. The summed E-state index contributed by atoms with van der Waals surface area (Å²) < 4.78 is 10.8. The van der Waals surface area contributed by atoms with E-state index < -0.39 is 0 Å². The van der Waals surface area contributed by atoms with Gasteiger partial charge in [0.05, 0.1) is 7.11 Å². The van der Waals surface area contributed by atoms with Crippen LogP contribution >= 0.6 is 12.2 Å². The van der Waals surface area contributed by atoms with E-state index in [0.29, 0.717) is 11.6 Å². The van der Waals surface area contributed by atoms with Crippen molar-refractivity contribution in [1.29, 1.82) is 0 Å². The highest BCUT2D eigenvalue weighted by Crippen LogP contribution is 2.18. The molecule has 4 heteroatoms. The molecule has 0 unspecified atom stereocenters. The van der Waals surface area contributed by atoms with Gasteiger partial charge in [-0.1, -0.05) is 36.5 Å². The molecule has 2 aromatic carbocycles. The Bertz CT molecular complexity index is 549. The first kappa shape index (κ1) is 13.4. The molecule has 0 aliphatic heterocycles. The molecule has 0 fully saturated rings. The third kappa shape index (κ3) is 3.69. The van der Waals surface area contributed by atoms with Crippen LogP contribution in [-0.2, 0) is 6.61 Å². The monoisotopic (exact) mass is 273 g/mol. The van der Waals surface area contributed by atoms with Crippen LogP contribution in [0, 0.1) is 0 Å². The molecule has 19 heavy (non-hydrogen) atoms. The molecule has 98 valence electrons. The lowest BCUT2D eigenvalue weighted by molar-refractivity contribution is 0.305. The van der Waals surface area contributed by atoms with Crippen LogP contribution in [0.15, 0.2) is 48.5 Å². The van der Waals surface area contributed by atoms with Crippen LogP contribution in [0.3, 0.4) is 0 Å². The summed E-state index contributed by atoms with van der Waals surface area (Å²) in [6, 6.07) is 15.2. The summed E-state index contributed by atoms with van der Waals surface area (Å²) in [4.78, 5) is 0.405. The van der Waals surface area contributed by atoms with Gasteiger partial charge in [0.2, 0.25) is 0 Å². The van der Waals surface area contributed by atoms with Gasteiger partial charge in [-0.25, -0.2) is 0 Å². The standard InChI is InChI=1S/C15H15NO2S/c1-17-13-6-8-14(9-7-13)18-10-11-2-4-12(5-3-11)15(16)19/h2-9H,10H2,1H3,(H2,16,19). The van der Waals surface area contributed by atoms with Crippen molar-refractivity contribution in [2.75, 3.05) is 7.11 Å². The molecule has 0 aliphatic rings. The molecular weight excluding hydrogens is 258 g/mol. The van der Waals surface area contributed by atoms with Crippen molar-refractivity contribution in [3.8, 4) is 11.5 Å². The Balaban J connectivity index is 1.95. The summed E-state index contributed by atoms with van der Waals surface area (Å²) in [6.45, 7) is 0.504. The average Bonchev–Trinajstić information content (AvgIpc) is 2.46. The SMILES string of the molecule is COc1ccc(OCc2ccc(C(N)=S)cc2)cc1. The Morgan fingerprint density at radius 2 is 1.58 bits per heavy atom. The minimum Gasteiger partial charge on any atom is -0.497 e. The number of methoxy groups -OCH3 is 1. The number of hydrogen-bond donors (Lipinski definition) is 1. The van der Waals surface area contributed by atoms with Gasteiger partial charge < -0.3 is 15.2 Å². The van der Waals surface area contributed by atoms with E-state index in [4.69, 9.17) is 27.4 Å². The first-order chi connectivity index (χ1) is 9.19. The van der Waals surface area contributed by atoms with Crippen molar-refractivity contribution in [3.63, 3.8) is 0 Å². The molecule has 0 saturated carbocycles. The second kappa shape index (κ2) is 6.20. The molecule has 0 radical (unpaired) electrons. The van der Waals surface area contributed by atoms with Crippen molar-refractivity contribution in [3.05, 3.63) is 59.7 Å². The molecule has 0 heterocycles. The molecule has 0 saturated heterocycles. The maximum Gasteiger partial charge on any atom is 0.120 e. The van der Waals surface area contributed by atoms with Crippen molar-refractivity contribution >= 4 is 17.2 Å². The lowest BCUT2D eigenvalue weighted by Crippen LogP contribution is -2.09. The number of thiocarbonyl (C=S) groups is 1. The highest BCUT2D eigenvalue weighted by molar-refractivity contribution is 7.80. The summed E-state index contributed by atoms with van der Waals surface area (Å²) >= 11 is 4.90. The van der Waals surface area contributed by atoms with E-state index in [0.717, 1.165) is 22.6 Å². The van der Waals surface area contributed by atoms with Gasteiger partial charge in [-0.2, -0.15) is 0 Å². The molecule has 0 spiro atoms. The van der Waals surface area contributed by atoms with Gasteiger partial charge in [-0.05, 0) is 29.8 Å². The van der Waals surface area contributed by atoms with Crippen molar-refractivity contribution in [2.24, 2.45) is 5.73 Å². The van der Waals surface area contributed by atoms with E-state index >= 15 is 0 Å². The fraction of sp³-hybridized carbons (Fsp3) is 0.133. The minimum absolute atomic E-state index is 0.405. The molecule has 3 nitrogen and oxygen atoms in total. The molecule has 0 amide bonds. The van der Waals surface area contributed by atoms with E-state index in [9.17, 15) is 0 Å². The van der Waals surface area contributed by atoms with Crippen LogP contribution in [0.4, 0.5) is 0 Å². The first-order valence-corrected chi connectivity index (χ1v) is 6.25. The van der Waals surface area contributed by atoms with Gasteiger partial charge in [0.15, 0.2) is 0 Å². The molecular formula is C15H15NO2S. The second-order valence-corrected chi connectivity index (χ2v) is 4.47. The number of benzene rings is 2. The quantitative estimate of drug-likeness (QED) is 0.851. The van der Waals surface area contributed by atoms with Crippen LogP contribution < -0.4 is 15.2 Å². The van der Waals surface area contributed by atoms with Crippen LogP contribution in [0.2, 0.25) is 0 Å². The molecule has 0 aliphatic carbocycles. The Labute approximate surface area is 118 Å². The summed E-state index contributed by atoms with van der Waals surface area (Å²) in [5.41, 5.74) is 7.47. The van der Waals surface area contributed by atoms with Crippen LogP contribution in [-0.4, -0.2) is 12.1 Å². The van der Waals surface area contributed by atoms with E-state index in [2.05, 4.69) is 0 Å². The van der Waals surface area contributed by atoms with Crippen molar-refractivity contribution in [1.82, 2.24) is 0 Å². The first-order valence-electron chi connectivity index (χ1n) is 5.84. The molecule has 0 aromatic heterocycles. The zero-order valence-electron chi connectivity index (χ0n) is 10.6. The van der Waals surface area contributed by atoms with Gasteiger partial charge in [0.25, 0.3) is 0 Å². The smallest absolute Gasteiger partial charge is 0.120 e. The largest absolute Gasteiger partial charge is 0.497 e. The predicted octanol–water partition coefficient (Wildman–Crippen LogP) is 2.91. The Morgan fingerprint density at radius 3 is 2.11 bits per heavy atom. The number of hydrogen-bond acceptors (Lipinski definition) is 3. The highest BCUT2D eigenvalue weighted by Gasteiger charge is 1.99. The molecule has 0 atom stereocenters. The normalized spacial score (nSPS) is 9.95. The van der Waals surface area contributed by atoms with Gasteiger partial charge in [0.1, 0.15) is 23.1 Å². The van der Waals surface area contributed by atoms with Crippen LogP contribution in [0.1, 0.15) is 11.1 Å². The maximum atomic E-state index is 5.67. The van der Waals surface area contributed by atoms with Crippen molar-refractivity contribution in [2.45, 2.75) is 6.61 Å². The summed E-state index contributed by atoms with van der Waals surface area (Å²) in [6.07, 6.45) is 0. The topological polar surface area (TPSA) is 44.5 Å². The van der Waals surface area contributed by atoms with E-state index in [1.54, 1.807) is 7.11 Å². The van der Waals surface area contributed by atoms with E-state index in [1.165, 1.54) is 0 Å². The fourth-order valence-electron chi connectivity index (χ4n) is 1.60. The average molecular weight is 273 g/mol. The van der Waals surface area contributed by atoms with Crippen LogP contribution in [0.25, 0.3) is 0 Å². The summed E-state index contributed by atoms with van der Waals surface area (Å²) in [5, 5.41) is 0. The van der Waals surface area contributed by atoms with E-state index in [-0.39, 0.29) is 0 Å². The summed E-state index contributed by atoms with van der Waals surface area (Å²) in [5.74, 6) is 1.62. The Kier molecular flexibility index (Phi) is 4.36. The summed E-state index contributed by atoms with van der Waals surface area (Å²) in [7, 11) is 1.64. The second-order valence-electron chi connectivity index (χ2n) is 4.03. The Morgan fingerprint density at radius 1 is 1.00 bits per heavy atom. The highest BCUT2D eigenvalue weighted by atomic mass is 32.1. The predicted molar refractivity (Wildman–Crippen MR) is 79.7 cm³/mol. The molecule has 2 N–H and O–H groups in total. The molecule has 0 bridgehead atoms. The number of ether oxygens (including phenoxy) is 2. The third-order valence-electron chi connectivity index (χ3n) is 2.70. The van der Waals surface area contributed by atoms with Gasteiger partial charge in [-0.3, -0.25) is 0 Å². The fourth-order valence-corrected chi connectivity index (χ4v) is 1.74. The minimum atomic E-state index is 0.405. The van der Waals surface area contributed by atoms with Gasteiger partial charge in [0, 0.05) is 5.56 Å². The maximum absolute atomic E-state index is 5.67. The molecule has 2 aromatic rings. The molecule has 2 rings (SSSR count). The van der Waals surface area contributed by atoms with Gasteiger partial charge >= 0.3 is 0 Å². The van der Waals surface area contributed by atoms with Crippen molar-refractivity contribution < 1.29 is 9.47 Å².